The van der Waals surface area contributed by atoms with Crippen LogP contribution in [0.2, 0.25) is 0 Å². The topological polar surface area (TPSA) is 67.5 Å². The summed E-state index contributed by atoms with van der Waals surface area (Å²) in [4.78, 5) is 10.3. The number of halogens is 1. The van der Waals surface area contributed by atoms with E-state index in [1.807, 2.05) is 0 Å². The molecular formula is C9H10FN3O. The number of nitrogens with zero attached hydrogens (tertiary/aromatic N) is 1. The first kappa shape index (κ1) is 10.2. The minimum Gasteiger partial charge on any atom is -0.350 e. The molecule has 14 heavy (non-hydrogen) atoms. The summed E-state index contributed by atoms with van der Waals surface area (Å²) in [5, 5.41) is 3.66. The molecule has 0 unspecified atom stereocenters. The van der Waals surface area contributed by atoms with E-state index >= 15 is 0 Å². The van der Waals surface area contributed by atoms with Crippen molar-refractivity contribution >= 4 is 11.7 Å². The average molecular weight is 195 g/mol. The van der Waals surface area contributed by atoms with Gasteiger partial charge < -0.3 is 5.73 Å². The summed E-state index contributed by atoms with van der Waals surface area (Å²) >= 11 is 0. The van der Waals surface area contributed by atoms with Crippen molar-refractivity contribution in [2.45, 2.75) is 6.92 Å². The van der Waals surface area contributed by atoms with Crippen molar-refractivity contribution in [1.82, 2.24) is 5.43 Å². The largest absolute Gasteiger partial charge is 0.350 e. The minimum atomic E-state index is -0.749. The number of rotatable bonds is 2. The zero-order valence-electron chi connectivity index (χ0n) is 7.62. The zero-order chi connectivity index (χ0) is 10.6. The van der Waals surface area contributed by atoms with E-state index in [9.17, 15) is 9.18 Å². The molecular weight excluding hydrogens is 185 g/mol. The molecule has 0 saturated heterocycles. The number of hydrogen-bond donors (Lipinski definition) is 2. The summed E-state index contributed by atoms with van der Waals surface area (Å²) < 4.78 is 12.8. The van der Waals surface area contributed by atoms with Crippen LogP contribution in [0.3, 0.4) is 0 Å². The van der Waals surface area contributed by atoms with Crippen LogP contribution in [0.15, 0.2) is 29.4 Å². The van der Waals surface area contributed by atoms with Crippen molar-refractivity contribution in [3.8, 4) is 0 Å². The molecule has 1 rings (SSSR count). The molecule has 1 aromatic rings. The summed E-state index contributed by atoms with van der Waals surface area (Å²) in [5.74, 6) is -0.351. The van der Waals surface area contributed by atoms with Gasteiger partial charge in [0.1, 0.15) is 5.82 Å². The van der Waals surface area contributed by atoms with E-state index in [0.717, 1.165) is 0 Å². The molecule has 0 saturated carbocycles. The van der Waals surface area contributed by atoms with Crippen LogP contribution >= 0.6 is 0 Å². The van der Waals surface area contributed by atoms with Crippen LogP contribution < -0.4 is 11.2 Å². The van der Waals surface area contributed by atoms with Crippen molar-refractivity contribution in [2.24, 2.45) is 10.8 Å². The van der Waals surface area contributed by atoms with Gasteiger partial charge in [-0.1, -0.05) is 12.1 Å². The molecule has 3 N–H and O–H groups in total. The van der Waals surface area contributed by atoms with Gasteiger partial charge in [-0.25, -0.2) is 14.6 Å². The van der Waals surface area contributed by atoms with Crippen molar-refractivity contribution in [2.75, 3.05) is 0 Å². The molecule has 0 aliphatic carbocycles. The van der Waals surface area contributed by atoms with E-state index in [1.165, 1.54) is 12.1 Å². The monoisotopic (exact) mass is 195 g/mol. The van der Waals surface area contributed by atoms with E-state index in [0.29, 0.717) is 11.3 Å². The number of urea groups is 1. The lowest BCUT2D eigenvalue weighted by Crippen LogP contribution is -2.25. The first-order valence-corrected chi connectivity index (χ1v) is 3.95. The molecule has 2 amide bonds. The molecule has 4 nitrogen and oxygen atoms in total. The average Bonchev–Trinajstić information content (AvgIpc) is 2.14. The predicted molar refractivity (Wildman–Crippen MR) is 51.3 cm³/mol. The molecule has 0 bridgehead atoms. The van der Waals surface area contributed by atoms with Gasteiger partial charge in [0.05, 0.1) is 5.71 Å². The fraction of sp³-hybridized carbons (Fsp3) is 0.111. The van der Waals surface area contributed by atoms with E-state index < -0.39 is 6.03 Å². The molecule has 0 radical (unpaired) electrons. The molecule has 0 atom stereocenters. The number of hydrazone groups is 1. The van der Waals surface area contributed by atoms with E-state index in [1.54, 1.807) is 19.1 Å². The van der Waals surface area contributed by atoms with Gasteiger partial charge >= 0.3 is 6.03 Å². The third-order valence-corrected chi connectivity index (χ3v) is 1.58. The van der Waals surface area contributed by atoms with Gasteiger partial charge in [0, 0.05) is 5.56 Å². The number of amides is 2. The van der Waals surface area contributed by atoms with Crippen LogP contribution in [-0.4, -0.2) is 11.7 Å². The Kier molecular flexibility index (Phi) is 3.17. The summed E-state index contributed by atoms with van der Waals surface area (Å²) in [6, 6.07) is 5.15. The highest BCUT2D eigenvalue weighted by Crippen LogP contribution is 2.04. The number of carbonyl (C=O) groups is 1. The summed E-state index contributed by atoms with van der Waals surface area (Å²) in [5.41, 5.74) is 7.97. The Bertz CT molecular complexity index is 376. The van der Waals surface area contributed by atoms with Crippen molar-refractivity contribution in [1.29, 1.82) is 0 Å². The van der Waals surface area contributed by atoms with Crippen molar-refractivity contribution in [3.63, 3.8) is 0 Å². The molecule has 1 aromatic carbocycles. The molecule has 5 heteroatoms. The molecule has 0 aromatic heterocycles. The van der Waals surface area contributed by atoms with E-state index in [2.05, 4.69) is 10.5 Å². The Labute approximate surface area is 80.6 Å². The number of carbonyl (C=O) groups excluding carboxylic acids is 1. The van der Waals surface area contributed by atoms with Gasteiger partial charge in [0.15, 0.2) is 0 Å². The fourth-order valence-electron chi connectivity index (χ4n) is 0.917. The lowest BCUT2D eigenvalue weighted by atomic mass is 10.1. The van der Waals surface area contributed by atoms with Crippen LogP contribution in [0.5, 0.6) is 0 Å². The standard InChI is InChI=1S/C9H10FN3O/c1-6(12-13-9(11)14)7-3-2-4-8(10)5-7/h2-5H,1H3,(H3,11,13,14)/b12-6+. The summed E-state index contributed by atoms with van der Waals surface area (Å²) in [6.45, 7) is 1.64. The van der Waals surface area contributed by atoms with E-state index in [4.69, 9.17) is 5.73 Å². The number of nitrogens with one attached hydrogen (secondary N) is 1. The Morgan fingerprint density at radius 1 is 1.57 bits per heavy atom. The van der Waals surface area contributed by atoms with Crippen LogP contribution in [0, 0.1) is 5.82 Å². The summed E-state index contributed by atoms with van der Waals surface area (Å²) in [6.07, 6.45) is 0. The highest BCUT2D eigenvalue weighted by molar-refractivity contribution is 5.99. The quantitative estimate of drug-likeness (QED) is 0.540. The molecule has 0 aliphatic heterocycles. The lowest BCUT2D eigenvalue weighted by Gasteiger charge is -2.00. The highest BCUT2D eigenvalue weighted by atomic mass is 19.1. The lowest BCUT2D eigenvalue weighted by molar-refractivity contribution is 0.249. The van der Waals surface area contributed by atoms with Crippen molar-refractivity contribution < 1.29 is 9.18 Å². The second-order valence-corrected chi connectivity index (χ2v) is 2.68. The second kappa shape index (κ2) is 4.36. The third-order valence-electron chi connectivity index (χ3n) is 1.58. The van der Waals surface area contributed by atoms with Gasteiger partial charge in [0.2, 0.25) is 0 Å². The fourth-order valence-corrected chi connectivity index (χ4v) is 0.917. The number of primary amides is 1. The first-order chi connectivity index (χ1) is 6.59. The number of benzene rings is 1. The summed E-state index contributed by atoms with van der Waals surface area (Å²) in [7, 11) is 0. The minimum absolute atomic E-state index is 0.351. The van der Waals surface area contributed by atoms with Gasteiger partial charge in [-0.2, -0.15) is 5.10 Å². The Morgan fingerprint density at radius 2 is 2.29 bits per heavy atom. The maximum Gasteiger partial charge on any atom is 0.332 e. The number of hydrogen-bond acceptors (Lipinski definition) is 2. The van der Waals surface area contributed by atoms with Gasteiger partial charge in [-0.05, 0) is 19.1 Å². The van der Waals surface area contributed by atoms with Crippen molar-refractivity contribution in [3.05, 3.63) is 35.6 Å². The van der Waals surface area contributed by atoms with E-state index in [-0.39, 0.29) is 5.82 Å². The van der Waals surface area contributed by atoms with Gasteiger partial charge in [0.25, 0.3) is 0 Å². The number of nitrogens with two attached hydrogens (primary N) is 1. The second-order valence-electron chi connectivity index (χ2n) is 2.68. The predicted octanol–water partition coefficient (Wildman–Crippen LogP) is 1.22. The Hall–Kier alpha value is -1.91. The molecule has 0 fully saturated rings. The van der Waals surface area contributed by atoms with Gasteiger partial charge in [-0.15, -0.1) is 0 Å². The van der Waals surface area contributed by atoms with Crippen LogP contribution in [-0.2, 0) is 0 Å². The normalized spacial score (nSPS) is 11.1. The highest BCUT2D eigenvalue weighted by Gasteiger charge is 1.98. The van der Waals surface area contributed by atoms with Crippen LogP contribution in [0.4, 0.5) is 9.18 Å². The SMILES string of the molecule is C/C(=N\NC(N)=O)c1cccc(F)c1. The maximum atomic E-state index is 12.8. The van der Waals surface area contributed by atoms with Crippen LogP contribution in [0.25, 0.3) is 0 Å². The first-order valence-electron chi connectivity index (χ1n) is 3.95. The Morgan fingerprint density at radius 3 is 2.86 bits per heavy atom. The molecule has 0 aliphatic rings. The smallest absolute Gasteiger partial charge is 0.332 e. The molecule has 74 valence electrons. The van der Waals surface area contributed by atoms with Gasteiger partial charge in [-0.3, -0.25) is 0 Å². The van der Waals surface area contributed by atoms with Crippen LogP contribution in [0.1, 0.15) is 12.5 Å². The zero-order valence-corrected chi connectivity index (χ0v) is 7.62. The molecule has 0 spiro atoms. The maximum absolute atomic E-state index is 12.8. The third kappa shape index (κ3) is 2.85. The Balaban J connectivity index is 2.83. The molecule has 0 heterocycles.